The molecule has 0 bridgehead atoms. The van der Waals surface area contributed by atoms with Crippen molar-refractivity contribution in [2.45, 2.75) is 0 Å². The van der Waals surface area contributed by atoms with E-state index in [1.165, 1.54) is 0 Å². The van der Waals surface area contributed by atoms with E-state index in [4.69, 9.17) is 10.2 Å². The molecule has 0 radical (unpaired) electrons. The van der Waals surface area contributed by atoms with Gasteiger partial charge in [-0.15, -0.1) is 0 Å². The van der Waals surface area contributed by atoms with Crippen molar-refractivity contribution in [3.05, 3.63) is 9.71 Å². The van der Waals surface area contributed by atoms with Gasteiger partial charge in [0.25, 0.3) is 0 Å². The molecule has 0 amide bonds. The summed E-state index contributed by atoms with van der Waals surface area (Å²) in [5.74, 6) is 0. The number of hydrogen-bond acceptors (Lipinski definition) is 2. The number of rotatable bonds is 0. The van der Waals surface area contributed by atoms with Crippen LogP contribution in [0.2, 0.25) is 0 Å². The Kier molecular flexibility index (Phi) is 28.8. The van der Waals surface area contributed by atoms with Crippen LogP contribution in [0.1, 0.15) is 0 Å². The van der Waals surface area contributed by atoms with Gasteiger partial charge in [0.15, 0.2) is 4.75 Å². The van der Waals surface area contributed by atoms with E-state index >= 15 is 0 Å². The van der Waals surface area contributed by atoms with Gasteiger partial charge in [0.05, 0.1) is 0 Å². The normalized spacial score (nSPS) is 3.00. The average molecular weight is 104 g/mol. The zero-order chi connectivity index (χ0) is 2.71. The van der Waals surface area contributed by atoms with Gasteiger partial charge in [-0.1, -0.05) is 10.2 Å². The molecule has 26 valence electrons. The van der Waals surface area contributed by atoms with Crippen molar-refractivity contribution < 1.29 is 22.3 Å². The molecular weight excluding hydrogens is 104 g/mol. The molecular formula is FeO3. The average Bonchev–Trinajstić information content (AvgIpc) is 0.918. The van der Waals surface area contributed by atoms with Crippen LogP contribution in [-0.4, -0.2) is 0 Å². The minimum Gasteiger partial charge on any atom is -0.0772 e. The van der Waals surface area contributed by atoms with E-state index in [0.717, 1.165) is 0 Å². The molecule has 0 spiro atoms. The van der Waals surface area contributed by atoms with E-state index in [1.807, 2.05) is 0 Å². The molecule has 4 heavy (non-hydrogen) atoms. The van der Waals surface area contributed by atoms with Gasteiger partial charge in [-0.3, -0.25) is 0 Å². The topological polar surface area (TPSA) is 51.4 Å². The van der Waals surface area contributed by atoms with Crippen molar-refractivity contribution in [3.8, 4) is 0 Å². The van der Waals surface area contributed by atoms with Gasteiger partial charge in [-0.05, 0) is 0 Å². The number of hydrogen-bond donors (Lipinski definition) is 0. The SMILES string of the molecule is O=[O+][O-].[Fe]. The quantitative estimate of drug-likeness (QED) is 0.169. The van der Waals surface area contributed by atoms with Gasteiger partial charge in [0.2, 0.25) is 0 Å². The maximum atomic E-state index is 7.88. The van der Waals surface area contributed by atoms with Gasteiger partial charge < -0.3 is 0 Å². The Hall–Kier alpha value is -0.0805. The van der Waals surface area contributed by atoms with Crippen LogP contribution in [-0.2, 0) is 17.1 Å². The molecule has 0 heterocycles. The Morgan fingerprint density at radius 3 is 1.75 bits per heavy atom. The summed E-state index contributed by atoms with van der Waals surface area (Å²) in [6, 6.07) is 0. The van der Waals surface area contributed by atoms with Crippen LogP contribution < -0.4 is 5.26 Å². The second kappa shape index (κ2) is 12.7. The summed E-state index contributed by atoms with van der Waals surface area (Å²) in [5.41, 5.74) is 0. The van der Waals surface area contributed by atoms with E-state index in [1.54, 1.807) is 4.75 Å². The molecule has 0 aliphatic carbocycles. The molecule has 0 aliphatic heterocycles. The first-order valence-corrected chi connectivity index (χ1v) is 0.333. The van der Waals surface area contributed by atoms with Crippen LogP contribution >= 0.6 is 0 Å². The Bertz CT molecular complexity index is 10.8. The summed E-state index contributed by atoms with van der Waals surface area (Å²) >= 11 is 0. The third-order valence-corrected chi connectivity index (χ3v) is 0. The minimum absolute atomic E-state index is 0. The van der Waals surface area contributed by atoms with E-state index in [9.17, 15) is 0 Å². The second-order valence-electron chi connectivity index (χ2n) is 0.0680. The molecule has 0 aliphatic rings. The van der Waals surface area contributed by atoms with Crippen molar-refractivity contribution in [2.24, 2.45) is 0 Å². The van der Waals surface area contributed by atoms with Crippen molar-refractivity contribution in [3.63, 3.8) is 0 Å². The van der Waals surface area contributed by atoms with Gasteiger partial charge in [0.1, 0.15) is 0 Å². The van der Waals surface area contributed by atoms with Crippen LogP contribution in [0, 0.1) is 9.71 Å². The molecule has 0 unspecified atom stereocenters. The van der Waals surface area contributed by atoms with Crippen molar-refractivity contribution in [1.29, 1.82) is 0 Å². The maximum Gasteiger partial charge on any atom is 0.154 e. The van der Waals surface area contributed by atoms with Crippen LogP contribution in [0.5, 0.6) is 0 Å². The third kappa shape index (κ3) is 250. The smallest absolute Gasteiger partial charge is 0.0772 e. The summed E-state index contributed by atoms with van der Waals surface area (Å²) in [4.78, 5) is 7.88. The summed E-state index contributed by atoms with van der Waals surface area (Å²) in [6.07, 6.45) is 0. The Balaban J connectivity index is 0. The monoisotopic (exact) mass is 104 g/mol. The first-order chi connectivity index (χ1) is 1.41. The predicted octanol–water partition coefficient (Wildman–Crippen LogP) is -1.12. The van der Waals surface area contributed by atoms with E-state index < -0.39 is 0 Å². The van der Waals surface area contributed by atoms with Gasteiger partial charge in [0, 0.05) is 17.1 Å². The Morgan fingerprint density at radius 1 is 1.75 bits per heavy atom. The van der Waals surface area contributed by atoms with Crippen molar-refractivity contribution in [1.82, 2.24) is 0 Å². The molecule has 0 rings (SSSR count). The van der Waals surface area contributed by atoms with Crippen LogP contribution in [0.3, 0.4) is 0 Å². The largest absolute Gasteiger partial charge is 0.154 e. The summed E-state index contributed by atoms with van der Waals surface area (Å²) in [6.45, 7) is 0. The molecule has 0 atom stereocenters. The fraction of sp³-hybridized carbons (Fsp3) is 0. The zero-order valence-electron chi connectivity index (χ0n) is 1.58. The summed E-state index contributed by atoms with van der Waals surface area (Å²) in [7, 11) is 0. The van der Waals surface area contributed by atoms with Crippen LogP contribution in [0.4, 0.5) is 0 Å². The van der Waals surface area contributed by atoms with E-state index in [2.05, 4.69) is 0 Å². The zero-order valence-corrected chi connectivity index (χ0v) is 2.68. The van der Waals surface area contributed by atoms with Crippen molar-refractivity contribution in [2.75, 3.05) is 0 Å². The Morgan fingerprint density at radius 2 is 1.75 bits per heavy atom. The molecule has 3 nitrogen and oxygen atoms in total. The Labute approximate surface area is 32.9 Å². The van der Waals surface area contributed by atoms with Gasteiger partial charge in [-0.2, -0.15) is 0 Å². The molecule has 0 saturated heterocycles. The molecule has 0 aromatic rings. The standard InChI is InChI=1S/Fe.O3/c;1-3-2. The molecule has 0 aromatic carbocycles. The first-order valence-electron chi connectivity index (χ1n) is 0.333. The first kappa shape index (κ1) is 9.07. The van der Waals surface area contributed by atoms with Crippen LogP contribution in [0.25, 0.3) is 0 Å². The third-order valence-electron chi connectivity index (χ3n) is 0. The molecule has 4 heteroatoms. The fourth-order valence-electron chi connectivity index (χ4n) is 0. The predicted molar refractivity (Wildman–Crippen MR) is 6.73 cm³/mol. The van der Waals surface area contributed by atoms with Crippen LogP contribution in [0.15, 0.2) is 0 Å². The van der Waals surface area contributed by atoms with E-state index in [-0.39, 0.29) is 17.1 Å². The summed E-state index contributed by atoms with van der Waals surface area (Å²) < 4.78 is 1.75. The maximum absolute atomic E-state index is 7.88. The minimum atomic E-state index is 0. The second-order valence-corrected chi connectivity index (χ2v) is 0.0680. The molecule has 0 saturated carbocycles. The van der Waals surface area contributed by atoms with Gasteiger partial charge >= 0.3 is 0 Å². The fourth-order valence-corrected chi connectivity index (χ4v) is 0. The van der Waals surface area contributed by atoms with Gasteiger partial charge in [-0.25, -0.2) is 0 Å². The molecule has 0 fully saturated rings. The van der Waals surface area contributed by atoms with E-state index in [0.29, 0.717) is 0 Å². The molecule has 0 N–H and O–H groups in total. The molecule has 0 aromatic heterocycles. The van der Waals surface area contributed by atoms with Crippen molar-refractivity contribution >= 4 is 0 Å². The summed E-state index contributed by atoms with van der Waals surface area (Å²) in [5, 5.41) is 7.88.